The van der Waals surface area contributed by atoms with Crippen molar-refractivity contribution in [2.45, 2.75) is 6.92 Å². The molecule has 0 amide bonds. The zero-order valence-corrected chi connectivity index (χ0v) is 32.6. The minimum absolute atomic E-state index is 0.686. The molecule has 0 unspecified atom stereocenters. The Bertz CT molecular complexity index is 3170. The summed E-state index contributed by atoms with van der Waals surface area (Å²) in [6, 6.07) is 61.2. The van der Waals surface area contributed by atoms with E-state index in [4.69, 9.17) is 9.97 Å². The number of aryl methyl sites for hydroxylation is 1. The molecule has 0 radical (unpaired) electrons. The van der Waals surface area contributed by atoms with Crippen LogP contribution >= 0.6 is 22.7 Å². The summed E-state index contributed by atoms with van der Waals surface area (Å²) in [7, 11) is 0. The molecule has 0 aliphatic heterocycles. The van der Waals surface area contributed by atoms with Gasteiger partial charge in [0, 0.05) is 75.0 Å². The van der Waals surface area contributed by atoms with Crippen LogP contribution < -0.4 is 0 Å². The molecule has 268 valence electrons. The van der Waals surface area contributed by atoms with Crippen LogP contribution in [-0.4, -0.2) is 15.0 Å². The molecule has 5 heteroatoms. The Morgan fingerprint density at radius 1 is 0.368 bits per heavy atom. The van der Waals surface area contributed by atoms with Gasteiger partial charge in [0.1, 0.15) is 0 Å². The summed E-state index contributed by atoms with van der Waals surface area (Å²) in [6.07, 6.45) is 3.77. The highest BCUT2D eigenvalue weighted by Gasteiger charge is 2.16. The smallest absolute Gasteiger partial charge is 0.160 e. The number of rotatable bonds is 6. The summed E-state index contributed by atoms with van der Waals surface area (Å²) >= 11 is 3.69. The summed E-state index contributed by atoms with van der Waals surface area (Å²) in [6.45, 7) is 2.12. The zero-order valence-electron chi connectivity index (χ0n) is 31.0. The third-order valence-corrected chi connectivity index (χ3v) is 13.2. The van der Waals surface area contributed by atoms with Gasteiger partial charge >= 0.3 is 0 Å². The summed E-state index contributed by atoms with van der Waals surface area (Å²) in [4.78, 5) is 15.0. The standard InChI is InChI=1S/C52H33N3S2/c1-32-23-24-53-31-45(32)33-15-17-35(18-16-33)47-30-46(34-9-3-2-4-10-34)54-52(55-47)40-26-38(36-19-21-50-43(28-36)41-11-5-7-13-48(41)56-50)25-39(27-40)37-20-22-51-44(29-37)42-12-6-8-14-49(42)57-51/h2-31H,1H3. The van der Waals surface area contributed by atoms with Crippen molar-refractivity contribution in [3.63, 3.8) is 0 Å². The van der Waals surface area contributed by atoms with Gasteiger partial charge in [0.2, 0.25) is 0 Å². The number of nitrogens with zero attached hydrogens (tertiary/aromatic N) is 3. The van der Waals surface area contributed by atoms with Gasteiger partial charge < -0.3 is 0 Å². The second-order valence-corrected chi connectivity index (χ2v) is 16.7. The molecule has 57 heavy (non-hydrogen) atoms. The van der Waals surface area contributed by atoms with Gasteiger partial charge in [-0.2, -0.15) is 0 Å². The fourth-order valence-electron chi connectivity index (χ4n) is 7.97. The first-order valence-corrected chi connectivity index (χ1v) is 20.7. The fraction of sp³-hybridized carbons (Fsp3) is 0.0192. The van der Waals surface area contributed by atoms with Gasteiger partial charge in [-0.15, -0.1) is 22.7 Å². The molecule has 0 aliphatic carbocycles. The monoisotopic (exact) mass is 763 g/mol. The third-order valence-electron chi connectivity index (χ3n) is 10.9. The minimum Gasteiger partial charge on any atom is -0.264 e. The van der Waals surface area contributed by atoms with Gasteiger partial charge in [-0.25, -0.2) is 9.97 Å². The number of hydrogen-bond acceptors (Lipinski definition) is 5. The summed E-state index contributed by atoms with van der Waals surface area (Å²) in [5.74, 6) is 0.686. The lowest BCUT2D eigenvalue weighted by atomic mass is 9.94. The van der Waals surface area contributed by atoms with Crippen LogP contribution in [0, 0.1) is 6.92 Å². The Kier molecular flexibility index (Phi) is 8.09. The number of benzene rings is 7. The molecule has 0 atom stereocenters. The Morgan fingerprint density at radius 3 is 1.46 bits per heavy atom. The summed E-state index contributed by atoms with van der Waals surface area (Å²) in [5, 5.41) is 5.14. The molecule has 4 aromatic heterocycles. The van der Waals surface area contributed by atoms with Crippen LogP contribution in [0.4, 0.5) is 0 Å². The topological polar surface area (TPSA) is 38.7 Å². The van der Waals surface area contributed by atoms with Crippen molar-refractivity contribution in [3.8, 4) is 67.3 Å². The van der Waals surface area contributed by atoms with Gasteiger partial charge in [-0.05, 0) is 107 Å². The molecule has 11 rings (SSSR count). The van der Waals surface area contributed by atoms with Gasteiger partial charge in [0.05, 0.1) is 11.4 Å². The van der Waals surface area contributed by atoms with E-state index in [2.05, 4.69) is 176 Å². The van der Waals surface area contributed by atoms with Crippen molar-refractivity contribution in [1.29, 1.82) is 0 Å². The van der Waals surface area contributed by atoms with Crippen LogP contribution in [0.1, 0.15) is 5.56 Å². The van der Waals surface area contributed by atoms with E-state index < -0.39 is 0 Å². The lowest BCUT2D eigenvalue weighted by Crippen LogP contribution is -1.97. The molecule has 0 bridgehead atoms. The van der Waals surface area contributed by atoms with Crippen LogP contribution in [-0.2, 0) is 0 Å². The van der Waals surface area contributed by atoms with E-state index in [1.807, 2.05) is 41.1 Å². The summed E-state index contributed by atoms with van der Waals surface area (Å²) in [5.41, 5.74) is 12.8. The van der Waals surface area contributed by atoms with Crippen molar-refractivity contribution in [2.75, 3.05) is 0 Å². The van der Waals surface area contributed by atoms with Crippen molar-refractivity contribution in [1.82, 2.24) is 15.0 Å². The summed E-state index contributed by atoms with van der Waals surface area (Å²) < 4.78 is 5.19. The molecule has 0 saturated heterocycles. The van der Waals surface area contributed by atoms with Crippen molar-refractivity contribution >= 4 is 63.0 Å². The quantitative estimate of drug-likeness (QED) is 0.169. The van der Waals surface area contributed by atoms with Crippen molar-refractivity contribution < 1.29 is 0 Å². The molecule has 7 aromatic carbocycles. The van der Waals surface area contributed by atoms with Gasteiger partial charge in [0.25, 0.3) is 0 Å². The maximum atomic E-state index is 5.33. The second-order valence-electron chi connectivity index (χ2n) is 14.5. The largest absolute Gasteiger partial charge is 0.264 e. The highest BCUT2D eigenvalue weighted by Crippen LogP contribution is 2.41. The van der Waals surface area contributed by atoms with Crippen LogP contribution in [0.25, 0.3) is 108 Å². The van der Waals surface area contributed by atoms with Crippen LogP contribution in [0.5, 0.6) is 0 Å². The average Bonchev–Trinajstić information content (AvgIpc) is 3.84. The first kappa shape index (κ1) is 33.5. The van der Waals surface area contributed by atoms with E-state index in [1.54, 1.807) is 0 Å². The molecule has 0 N–H and O–H groups in total. The second kappa shape index (κ2) is 13.7. The number of aromatic nitrogens is 3. The highest BCUT2D eigenvalue weighted by molar-refractivity contribution is 7.26. The molecule has 11 aromatic rings. The maximum absolute atomic E-state index is 5.33. The van der Waals surface area contributed by atoms with Gasteiger partial charge in [0.15, 0.2) is 5.82 Å². The fourth-order valence-corrected chi connectivity index (χ4v) is 10.1. The van der Waals surface area contributed by atoms with Crippen LogP contribution in [0.3, 0.4) is 0 Å². The number of pyridine rings is 1. The maximum Gasteiger partial charge on any atom is 0.160 e. The van der Waals surface area contributed by atoms with Gasteiger partial charge in [-0.3, -0.25) is 4.98 Å². The van der Waals surface area contributed by atoms with Gasteiger partial charge in [-0.1, -0.05) is 103 Å². The highest BCUT2D eigenvalue weighted by atomic mass is 32.1. The number of fused-ring (bicyclic) bond motifs is 6. The van der Waals surface area contributed by atoms with Crippen molar-refractivity contribution in [2.24, 2.45) is 0 Å². The van der Waals surface area contributed by atoms with Crippen LogP contribution in [0.2, 0.25) is 0 Å². The predicted octanol–water partition coefficient (Wildman–Crippen LogP) is 14.9. The molecule has 4 heterocycles. The molecular weight excluding hydrogens is 731 g/mol. The van der Waals surface area contributed by atoms with E-state index in [0.29, 0.717) is 5.82 Å². The molecule has 0 aliphatic rings. The minimum atomic E-state index is 0.686. The predicted molar refractivity (Wildman–Crippen MR) is 243 cm³/mol. The number of hydrogen-bond donors (Lipinski definition) is 0. The third kappa shape index (κ3) is 6.09. The Balaban J connectivity index is 1.11. The van der Waals surface area contributed by atoms with E-state index in [9.17, 15) is 0 Å². The first-order valence-electron chi connectivity index (χ1n) is 19.1. The van der Waals surface area contributed by atoms with Crippen LogP contribution in [0.15, 0.2) is 182 Å². The normalized spacial score (nSPS) is 11.6. The van der Waals surface area contributed by atoms with E-state index >= 15 is 0 Å². The molecule has 0 spiro atoms. The zero-order chi connectivity index (χ0) is 37.9. The van der Waals surface area contributed by atoms with E-state index in [0.717, 1.165) is 61.5 Å². The average molecular weight is 764 g/mol. The first-order chi connectivity index (χ1) is 28.1. The molecular formula is C52H33N3S2. The SMILES string of the molecule is Cc1ccncc1-c1ccc(-c2cc(-c3ccccc3)nc(-c3cc(-c4ccc5sc6ccccc6c5c4)cc(-c4ccc5sc6ccccc6c5c4)c3)n2)cc1. The Morgan fingerprint density at radius 2 is 0.860 bits per heavy atom. The van der Waals surface area contributed by atoms with E-state index in [-0.39, 0.29) is 0 Å². The molecule has 3 nitrogen and oxygen atoms in total. The lowest BCUT2D eigenvalue weighted by molar-refractivity contribution is 1.18. The molecule has 0 saturated carbocycles. The van der Waals surface area contributed by atoms with E-state index in [1.165, 1.54) is 45.9 Å². The lowest BCUT2D eigenvalue weighted by Gasteiger charge is -2.14. The number of thiophene rings is 2. The van der Waals surface area contributed by atoms with Crippen molar-refractivity contribution in [3.05, 3.63) is 188 Å². The Hall–Kier alpha value is -6.79. The molecule has 0 fully saturated rings. The Labute approximate surface area is 338 Å².